The van der Waals surface area contributed by atoms with Crippen LogP contribution in [0, 0.1) is 25.7 Å². The van der Waals surface area contributed by atoms with Crippen LogP contribution < -0.4 is 15.6 Å². The first-order valence-corrected chi connectivity index (χ1v) is 14.5. The first-order chi connectivity index (χ1) is 19.8. The number of rotatable bonds is 5. The lowest BCUT2D eigenvalue weighted by Gasteiger charge is -2.33. The molecule has 1 saturated heterocycles. The van der Waals surface area contributed by atoms with Gasteiger partial charge in [0.1, 0.15) is 0 Å². The fourth-order valence-electron chi connectivity index (χ4n) is 5.26. The maximum Gasteiger partial charge on any atom is 0.196 e. The van der Waals surface area contributed by atoms with Gasteiger partial charge in [0, 0.05) is 48.7 Å². The molecule has 0 bridgehead atoms. The van der Waals surface area contributed by atoms with Gasteiger partial charge in [0.05, 0.1) is 17.1 Å². The van der Waals surface area contributed by atoms with Gasteiger partial charge in [0.25, 0.3) is 0 Å². The minimum atomic E-state index is -0.243. The molecule has 1 atom stereocenters. The minimum absolute atomic E-state index is 0.0166. The molecule has 1 N–H and O–H groups in total. The zero-order valence-corrected chi connectivity index (χ0v) is 25.5. The summed E-state index contributed by atoms with van der Waals surface area (Å²) in [6.07, 6.45) is 1.25. The summed E-state index contributed by atoms with van der Waals surface area (Å²) in [5.74, 6) is 6.81. The monoisotopic (exact) mass is 550 g/mol. The summed E-state index contributed by atoms with van der Waals surface area (Å²) >= 11 is 0. The van der Waals surface area contributed by atoms with Crippen molar-refractivity contribution in [3.63, 3.8) is 0 Å². The van der Waals surface area contributed by atoms with Gasteiger partial charge in [-0.05, 0) is 70.6 Å². The van der Waals surface area contributed by atoms with E-state index in [1.165, 1.54) is 6.42 Å². The van der Waals surface area contributed by atoms with E-state index >= 15 is 0 Å². The van der Waals surface area contributed by atoms with Crippen LogP contribution in [0.25, 0.3) is 16.7 Å². The standard InChI is InChI=1S/C31H34N6O.C3H8/c1-6-10-24-12-9-13-25(19-24)32-22(3)29-23(4)37(27-14-8-7-11-21(27)2)31-26(30(29)38)20-28(33-34-31)36-17-15-35(5)16-18-36;1-3-2/h7-9,11-14,19-20,22,32H,15-18H2,1-5H3;3H2,1-2H3. The summed E-state index contributed by atoms with van der Waals surface area (Å²) < 4.78 is 2.08. The predicted octanol–water partition coefficient (Wildman–Crippen LogP) is 6.11. The van der Waals surface area contributed by atoms with Crippen molar-refractivity contribution < 1.29 is 0 Å². The molecule has 1 unspecified atom stereocenters. The maximum atomic E-state index is 14.1. The van der Waals surface area contributed by atoms with Crippen molar-refractivity contribution in [3.8, 4) is 17.5 Å². The average Bonchev–Trinajstić information content (AvgIpc) is 2.95. The van der Waals surface area contributed by atoms with Crippen LogP contribution in [0.1, 0.15) is 62.5 Å². The number of likely N-dealkylation sites (N-methyl/N-ethyl adjacent to an activating group) is 1. The number of anilines is 2. The predicted molar refractivity (Wildman–Crippen MR) is 171 cm³/mol. The molecule has 7 heteroatoms. The lowest BCUT2D eigenvalue weighted by molar-refractivity contribution is 0.312. The Labute approximate surface area is 244 Å². The lowest BCUT2D eigenvalue weighted by atomic mass is 10.0. The number of hydrogen-bond donors (Lipinski definition) is 1. The molecule has 41 heavy (non-hydrogen) atoms. The third-order valence-electron chi connectivity index (χ3n) is 7.32. The van der Waals surface area contributed by atoms with Crippen LogP contribution in [0.5, 0.6) is 0 Å². The molecule has 0 radical (unpaired) electrons. The van der Waals surface area contributed by atoms with Crippen molar-refractivity contribution in [3.05, 3.63) is 87.2 Å². The number of nitrogens with zero attached hydrogens (tertiary/aromatic N) is 5. The van der Waals surface area contributed by atoms with Crippen molar-refractivity contribution in [2.45, 2.75) is 54.0 Å². The Hall–Kier alpha value is -4.15. The average molecular weight is 551 g/mol. The molecule has 1 aliphatic rings. The molecule has 7 nitrogen and oxygen atoms in total. The van der Waals surface area contributed by atoms with Crippen LogP contribution in [-0.2, 0) is 0 Å². The Bertz CT molecular complexity index is 1620. The van der Waals surface area contributed by atoms with Crippen LogP contribution in [-0.4, -0.2) is 52.9 Å². The number of fused-ring (bicyclic) bond motifs is 1. The molecule has 4 aromatic rings. The van der Waals surface area contributed by atoms with Crippen LogP contribution in [0.15, 0.2) is 59.4 Å². The van der Waals surface area contributed by atoms with E-state index in [0.29, 0.717) is 16.6 Å². The fraction of sp³-hybridized carbons (Fsp3) is 0.382. The third-order valence-corrected chi connectivity index (χ3v) is 7.32. The van der Waals surface area contributed by atoms with Gasteiger partial charge in [-0.25, -0.2) is 0 Å². The summed E-state index contributed by atoms with van der Waals surface area (Å²) in [5.41, 5.74) is 6.07. The highest BCUT2D eigenvalue weighted by Gasteiger charge is 2.24. The van der Waals surface area contributed by atoms with Crippen molar-refractivity contribution in [2.24, 2.45) is 0 Å². The highest BCUT2D eigenvalue weighted by molar-refractivity contribution is 5.81. The lowest BCUT2D eigenvalue weighted by Crippen LogP contribution is -2.45. The maximum absolute atomic E-state index is 14.1. The van der Waals surface area contributed by atoms with Crippen LogP contribution in [0.3, 0.4) is 0 Å². The number of para-hydroxylation sites is 1. The van der Waals surface area contributed by atoms with E-state index in [1.807, 2.05) is 63.2 Å². The molecule has 0 amide bonds. The molecule has 3 heterocycles. The Morgan fingerprint density at radius 1 is 0.976 bits per heavy atom. The second-order valence-corrected chi connectivity index (χ2v) is 10.7. The Kier molecular flexibility index (Phi) is 9.80. The molecule has 0 spiro atoms. The number of aromatic nitrogens is 3. The molecule has 214 valence electrons. The van der Waals surface area contributed by atoms with E-state index in [-0.39, 0.29) is 11.5 Å². The molecule has 2 aromatic carbocycles. The zero-order valence-electron chi connectivity index (χ0n) is 25.5. The van der Waals surface area contributed by atoms with E-state index in [2.05, 4.69) is 81.7 Å². The van der Waals surface area contributed by atoms with Crippen molar-refractivity contribution in [1.82, 2.24) is 19.7 Å². The van der Waals surface area contributed by atoms with Gasteiger partial charge in [-0.3, -0.25) is 9.36 Å². The largest absolute Gasteiger partial charge is 0.378 e. The third kappa shape index (κ3) is 6.61. The molecule has 5 rings (SSSR count). The molecule has 0 saturated carbocycles. The van der Waals surface area contributed by atoms with E-state index in [0.717, 1.165) is 60.2 Å². The molecule has 1 aliphatic heterocycles. The Balaban J connectivity index is 0.00000124. The van der Waals surface area contributed by atoms with Gasteiger partial charge in [-0.1, -0.05) is 50.5 Å². The van der Waals surface area contributed by atoms with Gasteiger partial charge < -0.3 is 15.1 Å². The van der Waals surface area contributed by atoms with E-state index in [9.17, 15) is 4.79 Å². The molecule has 1 fully saturated rings. The Morgan fingerprint density at radius 3 is 2.37 bits per heavy atom. The second-order valence-electron chi connectivity index (χ2n) is 10.7. The number of aryl methyl sites for hydroxylation is 1. The van der Waals surface area contributed by atoms with Gasteiger partial charge in [-0.15, -0.1) is 16.1 Å². The number of hydrogen-bond acceptors (Lipinski definition) is 6. The Morgan fingerprint density at radius 2 is 1.68 bits per heavy atom. The molecular formula is C34H42N6O. The summed E-state index contributed by atoms with van der Waals surface area (Å²) in [5, 5.41) is 13.4. The van der Waals surface area contributed by atoms with Crippen molar-refractivity contribution in [1.29, 1.82) is 0 Å². The zero-order chi connectivity index (χ0) is 29.5. The first kappa shape index (κ1) is 29.8. The second kappa shape index (κ2) is 13.5. The van der Waals surface area contributed by atoms with Crippen LogP contribution >= 0.6 is 0 Å². The van der Waals surface area contributed by atoms with Gasteiger partial charge in [-0.2, -0.15) is 0 Å². The van der Waals surface area contributed by atoms with E-state index in [4.69, 9.17) is 0 Å². The topological polar surface area (TPSA) is 66.3 Å². The highest BCUT2D eigenvalue weighted by Crippen LogP contribution is 2.28. The van der Waals surface area contributed by atoms with Crippen LogP contribution in [0.2, 0.25) is 0 Å². The summed E-state index contributed by atoms with van der Waals surface area (Å²) in [6.45, 7) is 15.8. The van der Waals surface area contributed by atoms with Crippen molar-refractivity contribution >= 4 is 22.5 Å². The van der Waals surface area contributed by atoms with Gasteiger partial charge in [0.2, 0.25) is 0 Å². The van der Waals surface area contributed by atoms with Gasteiger partial charge >= 0.3 is 0 Å². The number of pyridine rings is 1. The van der Waals surface area contributed by atoms with Crippen LogP contribution in [0.4, 0.5) is 11.5 Å². The molecule has 2 aromatic heterocycles. The van der Waals surface area contributed by atoms with Gasteiger partial charge in [0.15, 0.2) is 16.9 Å². The van der Waals surface area contributed by atoms with Crippen molar-refractivity contribution in [2.75, 3.05) is 43.4 Å². The number of benzene rings is 2. The smallest absolute Gasteiger partial charge is 0.196 e. The van der Waals surface area contributed by atoms with E-state index in [1.54, 1.807) is 0 Å². The fourth-order valence-corrected chi connectivity index (χ4v) is 5.26. The SMILES string of the molecule is CC#Cc1cccc(NC(C)c2c(C)n(-c3ccccc3C)c3nnc(N4CCN(C)CC4)cc3c2=O)c1.CCC. The molecule has 0 aliphatic carbocycles. The minimum Gasteiger partial charge on any atom is -0.378 e. The van der Waals surface area contributed by atoms with E-state index < -0.39 is 0 Å². The summed E-state index contributed by atoms with van der Waals surface area (Å²) in [4.78, 5) is 18.6. The number of piperazine rings is 1. The highest BCUT2D eigenvalue weighted by atomic mass is 16.1. The quantitative estimate of drug-likeness (QED) is 0.303. The summed E-state index contributed by atoms with van der Waals surface area (Å²) in [7, 11) is 2.12. The molecular weight excluding hydrogens is 508 g/mol. The first-order valence-electron chi connectivity index (χ1n) is 14.5. The normalized spacial score (nSPS) is 14.1. The number of nitrogens with one attached hydrogen (secondary N) is 1. The summed E-state index contributed by atoms with van der Waals surface area (Å²) in [6, 6.07) is 17.8.